The summed E-state index contributed by atoms with van der Waals surface area (Å²) in [7, 11) is -2.06. The van der Waals surface area contributed by atoms with Crippen LogP contribution in [0.4, 0.5) is 5.69 Å². The number of rotatable bonds is 5. The fourth-order valence-corrected chi connectivity index (χ4v) is 5.60. The Morgan fingerprint density at radius 2 is 1.84 bits per heavy atom. The van der Waals surface area contributed by atoms with Crippen molar-refractivity contribution in [1.82, 2.24) is 9.55 Å². The molecule has 172 valence electrons. The quantitative estimate of drug-likeness (QED) is 0.536. The summed E-state index contributed by atoms with van der Waals surface area (Å²) in [6.45, 7) is 10.2. The van der Waals surface area contributed by atoms with Gasteiger partial charge in [0.25, 0.3) is 10.0 Å². The van der Waals surface area contributed by atoms with E-state index in [1.165, 1.54) is 10.7 Å². The van der Waals surface area contributed by atoms with Crippen molar-refractivity contribution in [1.29, 1.82) is 0 Å². The van der Waals surface area contributed by atoms with Gasteiger partial charge in [-0.2, -0.15) is 0 Å². The third-order valence-corrected chi connectivity index (χ3v) is 8.01. The Morgan fingerprint density at radius 3 is 2.47 bits per heavy atom. The molecule has 0 bridgehead atoms. The van der Waals surface area contributed by atoms with Crippen LogP contribution in [0.15, 0.2) is 53.4 Å². The second-order valence-corrected chi connectivity index (χ2v) is 12.0. The highest BCUT2D eigenvalue weighted by Crippen LogP contribution is 2.34. The van der Waals surface area contributed by atoms with Crippen molar-refractivity contribution >= 4 is 26.7 Å². The van der Waals surface area contributed by atoms with Crippen molar-refractivity contribution in [2.24, 2.45) is 0 Å². The molecule has 1 atom stereocenters. The van der Waals surface area contributed by atoms with Crippen molar-refractivity contribution < 1.29 is 13.2 Å². The number of benzene rings is 2. The first-order valence-corrected chi connectivity index (χ1v) is 12.6. The fourth-order valence-electron chi connectivity index (χ4n) is 4.39. The van der Waals surface area contributed by atoms with Gasteiger partial charge in [-0.3, -0.25) is 4.31 Å². The van der Waals surface area contributed by atoms with E-state index in [9.17, 15) is 8.42 Å². The topological polar surface area (TPSA) is 64.4 Å². The van der Waals surface area contributed by atoms with E-state index in [-0.39, 0.29) is 15.9 Å². The van der Waals surface area contributed by atoms with Gasteiger partial charge in [0.1, 0.15) is 5.82 Å². The number of fused-ring (bicyclic) bond motifs is 1. The first-order valence-electron chi connectivity index (χ1n) is 11.2. The predicted octanol–water partition coefficient (Wildman–Crippen LogP) is 5.12. The molecule has 1 saturated heterocycles. The number of aromatic nitrogens is 2. The molecule has 7 heteroatoms. The van der Waals surface area contributed by atoms with E-state index in [1.807, 2.05) is 24.3 Å². The molecule has 2 aromatic carbocycles. The van der Waals surface area contributed by atoms with Crippen LogP contribution >= 0.6 is 0 Å². The Kier molecular flexibility index (Phi) is 5.84. The van der Waals surface area contributed by atoms with Gasteiger partial charge in [-0.25, -0.2) is 13.4 Å². The Morgan fingerprint density at radius 1 is 1.12 bits per heavy atom. The van der Waals surface area contributed by atoms with Crippen molar-refractivity contribution in [3.8, 4) is 0 Å². The summed E-state index contributed by atoms with van der Waals surface area (Å²) in [6.07, 6.45) is 3.30. The van der Waals surface area contributed by atoms with Crippen LogP contribution in [0.1, 0.15) is 52.8 Å². The highest BCUT2D eigenvalue weighted by molar-refractivity contribution is 7.92. The van der Waals surface area contributed by atoms with Crippen LogP contribution < -0.4 is 4.31 Å². The summed E-state index contributed by atoms with van der Waals surface area (Å²) >= 11 is 0. The van der Waals surface area contributed by atoms with Crippen LogP contribution in [-0.2, 0) is 26.7 Å². The molecule has 1 aromatic heterocycles. The van der Waals surface area contributed by atoms with E-state index in [2.05, 4.69) is 32.3 Å². The monoisotopic (exact) mass is 455 g/mol. The number of ether oxygens (including phenoxy) is 1. The van der Waals surface area contributed by atoms with Crippen molar-refractivity contribution in [2.75, 3.05) is 18.0 Å². The molecule has 0 amide bonds. The summed E-state index contributed by atoms with van der Waals surface area (Å²) in [5, 5.41) is 0. The summed E-state index contributed by atoms with van der Waals surface area (Å²) in [5.74, 6) is 0.980. The molecule has 1 aliphatic rings. The van der Waals surface area contributed by atoms with E-state index < -0.39 is 10.0 Å². The van der Waals surface area contributed by atoms with Crippen molar-refractivity contribution in [2.45, 2.75) is 69.4 Å². The minimum Gasteiger partial charge on any atom is -0.373 e. The van der Waals surface area contributed by atoms with Crippen LogP contribution in [-0.4, -0.2) is 37.2 Å². The molecule has 6 nitrogen and oxygen atoms in total. The lowest BCUT2D eigenvalue weighted by Gasteiger charge is -2.35. The molecular weight excluding hydrogens is 422 g/mol. The molecule has 0 N–H and O–H groups in total. The Bertz CT molecular complexity index is 1200. The number of anilines is 1. The van der Waals surface area contributed by atoms with Gasteiger partial charge in [-0.05, 0) is 56.5 Å². The van der Waals surface area contributed by atoms with Gasteiger partial charge in [-0.15, -0.1) is 0 Å². The van der Waals surface area contributed by atoms with Gasteiger partial charge in [0.05, 0.1) is 33.8 Å². The maximum Gasteiger partial charge on any atom is 0.264 e. The van der Waals surface area contributed by atoms with Gasteiger partial charge in [-0.1, -0.05) is 39.0 Å². The Hall–Kier alpha value is -2.38. The van der Waals surface area contributed by atoms with Crippen LogP contribution in [0.5, 0.6) is 0 Å². The van der Waals surface area contributed by atoms with Gasteiger partial charge >= 0.3 is 0 Å². The lowest BCUT2D eigenvalue weighted by Crippen LogP contribution is -2.38. The maximum atomic E-state index is 13.1. The van der Waals surface area contributed by atoms with Gasteiger partial charge in [0.2, 0.25) is 0 Å². The van der Waals surface area contributed by atoms with Gasteiger partial charge in [0, 0.05) is 19.1 Å². The summed E-state index contributed by atoms with van der Waals surface area (Å²) in [6, 6.07) is 14.2. The Balaban J connectivity index is 1.76. The molecule has 0 spiro atoms. The zero-order chi connectivity index (χ0) is 23.1. The molecule has 1 aliphatic heterocycles. The smallest absolute Gasteiger partial charge is 0.264 e. The number of imidazole rings is 1. The SMILES string of the molecule is CN(c1ccc2c(c1)nc(C(C)(C)C)n2CC1(C)CCCCO1)S(=O)(=O)c1ccccc1. The second-order valence-electron chi connectivity index (χ2n) is 9.99. The minimum absolute atomic E-state index is 0.160. The number of hydrogen-bond donors (Lipinski definition) is 0. The lowest BCUT2D eigenvalue weighted by molar-refractivity contribution is -0.0754. The van der Waals surface area contributed by atoms with E-state index in [0.29, 0.717) is 5.69 Å². The fraction of sp³-hybridized carbons (Fsp3) is 0.480. The summed E-state index contributed by atoms with van der Waals surface area (Å²) in [5.41, 5.74) is 2.00. The van der Waals surface area contributed by atoms with Crippen LogP contribution in [0, 0.1) is 0 Å². The number of nitrogens with zero attached hydrogens (tertiary/aromatic N) is 3. The molecule has 1 unspecified atom stereocenters. The average molecular weight is 456 g/mol. The minimum atomic E-state index is -3.65. The van der Waals surface area contributed by atoms with Gasteiger partial charge < -0.3 is 9.30 Å². The molecule has 0 saturated carbocycles. The third kappa shape index (κ3) is 4.28. The highest BCUT2D eigenvalue weighted by Gasteiger charge is 2.32. The summed E-state index contributed by atoms with van der Waals surface area (Å²) in [4.78, 5) is 5.23. The molecule has 2 heterocycles. The first-order chi connectivity index (χ1) is 15.0. The standard InChI is InChI=1S/C25H33N3O3S/c1-24(2,3)23-26-21-17-19(27(5)32(29,30)20-11-7-6-8-12-20)13-14-22(21)28(23)18-25(4)15-9-10-16-31-25/h6-8,11-14,17H,9-10,15-16,18H2,1-5H3. The molecule has 1 fully saturated rings. The Labute approximate surface area is 191 Å². The van der Waals surface area contributed by atoms with E-state index >= 15 is 0 Å². The maximum absolute atomic E-state index is 13.1. The van der Waals surface area contributed by atoms with Gasteiger partial charge in [0.15, 0.2) is 0 Å². The van der Waals surface area contributed by atoms with Crippen molar-refractivity contribution in [3.63, 3.8) is 0 Å². The van der Waals surface area contributed by atoms with Crippen LogP contribution in [0.2, 0.25) is 0 Å². The lowest BCUT2D eigenvalue weighted by atomic mass is 9.93. The zero-order valence-corrected chi connectivity index (χ0v) is 20.4. The van der Waals surface area contributed by atoms with E-state index in [1.54, 1.807) is 31.3 Å². The molecule has 32 heavy (non-hydrogen) atoms. The van der Waals surface area contributed by atoms with Crippen LogP contribution in [0.3, 0.4) is 0 Å². The summed E-state index contributed by atoms with van der Waals surface area (Å²) < 4.78 is 35.9. The highest BCUT2D eigenvalue weighted by atomic mass is 32.2. The van der Waals surface area contributed by atoms with E-state index in [0.717, 1.165) is 42.9 Å². The normalized spacial score (nSPS) is 19.9. The number of hydrogen-bond acceptors (Lipinski definition) is 4. The molecular formula is C25H33N3O3S. The molecule has 0 radical (unpaired) electrons. The van der Waals surface area contributed by atoms with E-state index in [4.69, 9.17) is 9.72 Å². The average Bonchev–Trinajstić information content (AvgIpc) is 3.12. The molecule has 0 aliphatic carbocycles. The number of sulfonamides is 1. The molecule has 4 rings (SSSR count). The zero-order valence-electron chi connectivity index (χ0n) is 19.6. The largest absolute Gasteiger partial charge is 0.373 e. The predicted molar refractivity (Wildman–Crippen MR) is 129 cm³/mol. The van der Waals surface area contributed by atoms with Crippen molar-refractivity contribution in [3.05, 3.63) is 54.4 Å². The second kappa shape index (κ2) is 8.19. The first kappa shape index (κ1) is 22.8. The van der Waals surface area contributed by atoms with Crippen LogP contribution in [0.25, 0.3) is 11.0 Å². The molecule has 3 aromatic rings. The third-order valence-electron chi connectivity index (χ3n) is 6.21.